The lowest BCUT2D eigenvalue weighted by Gasteiger charge is -2.10. The Hall–Kier alpha value is -2.36. The van der Waals surface area contributed by atoms with Gasteiger partial charge in [0.05, 0.1) is 25.0 Å². The van der Waals surface area contributed by atoms with Gasteiger partial charge in [-0.05, 0) is 20.3 Å². The zero-order chi connectivity index (χ0) is 20.6. The van der Waals surface area contributed by atoms with Gasteiger partial charge in [0, 0.05) is 24.1 Å². The molecule has 30 heavy (non-hydrogen) atoms. The first-order valence-electron chi connectivity index (χ1n) is 10.1. The average molecular weight is 523 g/mol. The number of aryl methyl sites for hydroxylation is 3. The lowest BCUT2D eigenvalue weighted by Crippen LogP contribution is -2.36. The van der Waals surface area contributed by atoms with Crippen LogP contribution in [0.15, 0.2) is 44.4 Å². The monoisotopic (exact) mass is 523 g/mol. The van der Waals surface area contributed by atoms with Crippen LogP contribution in [-0.4, -0.2) is 22.6 Å². The predicted octanol–water partition coefficient (Wildman–Crippen LogP) is 4.64. The van der Waals surface area contributed by atoms with E-state index in [1.54, 1.807) is 6.20 Å². The smallest absolute Gasteiger partial charge is 0.214 e. The van der Waals surface area contributed by atoms with Crippen LogP contribution in [0.2, 0.25) is 0 Å². The van der Waals surface area contributed by atoms with Gasteiger partial charge >= 0.3 is 0 Å². The topological polar surface area (TPSA) is 88.5 Å². The second-order valence-corrected chi connectivity index (χ2v) is 6.77. The zero-order valence-corrected chi connectivity index (χ0v) is 20.3. The maximum atomic E-state index is 5.88. The molecule has 3 rings (SSSR count). The summed E-state index contributed by atoms with van der Waals surface area (Å²) in [4.78, 5) is 9.06. The highest BCUT2D eigenvalue weighted by Crippen LogP contribution is 2.21. The molecule has 1 aromatic carbocycles. The summed E-state index contributed by atoms with van der Waals surface area (Å²) in [5.41, 5.74) is 4.27. The quantitative estimate of drug-likeness (QED) is 0.254. The van der Waals surface area contributed by atoms with E-state index in [0.717, 1.165) is 47.7 Å². The molecule has 0 fully saturated rings. The van der Waals surface area contributed by atoms with E-state index in [9.17, 15) is 0 Å². The first kappa shape index (κ1) is 23.9. The van der Waals surface area contributed by atoms with Crippen molar-refractivity contribution in [3.8, 4) is 11.3 Å². The number of guanidine groups is 1. The fourth-order valence-corrected chi connectivity index (χ4v) is 3.02. The van der Waals surface area contributed by atoms with Crippen LogP contribution in [0, 0.1) is 6.92 Å². The standard InChI is InChI=1S/C22H29N5O2.HI/c1-5-18-17(19(6-2)29-27-18)12-25-22(23-7-3)26-14-21-24-13-20(28-21)16-10-8-15(4)9-11-16;/h8-11,13H,5-7,12,14H2,1-4H3,(H2,23,25,26);1H. The lowest BCUT2D eigenvalue weighted by atomic mass is 10.1. The molecule has 7 nitrogen and oxygen atoms in total. The van der Waals surface area contributed by atoms with Gasteiger partial charge < -0.3 is 19.6 Å². The molecule has 0 amide bonds. The van der Waals surface area contributed by atoms with Crippen molar-refractivity contribution in [1.82, 2.24) is 20.8 Å². The minimum atomic E-state index is 0. The zero-order valence-electron chi connectivity index (χ0n) is 18.0. The van der Waals surface area contributed by atoms with Gasteiger partial charge in [0.1, 0.15) is 5.76 Å². The number of nitrogens with one attached hydrogen (secondary N) is 2. The van der Waals surface area contributed by atoms with Crippen LogP contribution < -0.4 is 10.6 Å². The van der Waals surface area contributed by atoms with Crippen molar-refractivity contribution >= 4 is 29.9 Å². The van der Waals surface area contributed by atoms with E-state index >= 15 is 0 Å². The Morgan fingerprint density at radius 1 is 1.07 bits per heavy atom. The molecule has 3 aromatic rings. The minimum absolute atomic E-state index is 0. The second-order valence-electron chi connectivity index (χ2n) is 6.77. The van der Waals surface area contributed by atoms with Crippen molar-refractivity contribution in [2.75, 3.05) is 6.54 Å². The summed E-state index contributed by atoms with van der Waals surface area (Å²) in [7, 11) is 0. The first-order valence-corrected chi connectivity index (χ1v) is 10.1. The van der Waals surface area contributed by atoms with E-state index in [1.807, 2.05) is 19.1 Å². The third-order valence-electron chi connectivity index (χ3n) is 4.64. The molecule has 0 unspecified atom stereocenters. The highest BCUT2D eigenvalue weighted by atomic mass is 127. The molecule has 0 radical (unpaired) electrons. The van der Waals surface area contributed by atoms with Gasteiger partial charge in [0.25, 0.3) is 0 Å². The number of aliphatic imine (C=N–C) groups is 1. The largest absolute Gasteiger partial charge is 0.439 e. The molecular weight excluding hydrogens is 493 g/mol. The highest BCUT2D eigenvalue weighted by Gasteiger charge is 2.13. The molecule has 8 heteroatoms. The van der Waals surface area contributed by atoms with Crippen LogP contribution in [0.5, 0.6) is 0 Å². The normalized spacial score (nSPS) is 11.3. The molecular formula is C22H30IN5O2. The van der Waals surface area contributed by atoms with Gasteiger partial charge in [-0.15, -0.1) is 24.0 Å². The summed E-state index contributed by atoms with van der Waals surface area (Å²) in [6.07, 6.45) is 3.39. The summed E-state index contributed by atoms with van der Waals surface area (Å²) in [6.45, 7) is 9.96. The summed E-state index contributed by atoms with van der Waals surface area (Å²) in [5.74, 6) is 2.97. The van der Waals surface area contributed by atoms with Gasteiger partial charge in [-0.1, -0.05) is 48.8 Å². The van der Waals surface area contributed by atoms with Crippen LogP contribution in [0.4, 0.5) is 0 Å². The van der Waals surface area contributed by atoms with E-state index in [1.165, 1.54) is 5.56 Å². The molecule has 0 aliphatic rings. The average Bonchev–Trinajstić information content (AvgIpc) is 3.37. The Kier molecular flexibility index (Phi) is 9.35. The number of hydrogen-bond donors (Lipinski definition) is 2. The van der Waals surface area contributed by atoms with E-state index < -0.39 is 0 Å². The molecule has 0 aliphatic heterocycles. The van der Waals surface area contributed by atoms with Gasteiger partial charge in [-0.25, -0.2) is 9.98 Å². The Morgan fingerprint density at radius 3 is 2.50 bits per heavy atom. The van der Waals surface area contributed by atoms with Crippen LogP contribution >= 0.6 is 24.0 Å². The Bertz CT molecular complexity index is 925. The Labute approximate surface area is 194 Å². The van der Waals surface area contributed by atoms with E-state index in [-0.39, 0.29) is 24.0 Å². The van der Waals surface area contributed by atoms with Crippen molar-refractivity contribution in [2.24, 2.45) is 4.99 Å². The maximum Gasteiger partial charge on any atom is 0.214 e. The fraction of sp³-hybridized carbons (Fsp3) is 0.409. The van der Waals surface area contributed by atoms with Gasteiger partial charge in [0.2, 0.25) is 5.89 Å². The Morgan fingerprint density at radius 2 is 1.83 bits per heavy atom. The van der Waals surface area contributed by atoms with Crippen LogP contribution in [0.3, 0.4) is 0 Å². The molecule has 0 aliphatic carbocycles. The third-order valence-corrected chi connectivity index (χ3v) is 4.64. The number of halogens is 1. The van der Waals surface area contributed by atoms with Crippen molar-refractivity contribution in [1.29, 1.82) is 0 Å². The van der Waals surface area contributed by atoms with Crippen LogP contribution in [-0.2, 0) is 25.9 Å². The number of aromatic nitrogens is 2. The lowest BCUT2D eigenvalue weighted by molar-refractivity contribution is 0.380. The third kappa shape index (κ3) is 6.07. The molecule has 0 bridgehead atoms. The molecule has 0 saturated heterocycles. The molecule has 2 aromatic heterocycles. The summed E-state index contributed by atoms with van der Waals surface area (Å²) in [6, 6.07) is 8.19. The molecule has 0 saturated carbocycles. The Balaban J connectivity index is 0.00000320. The summed E-state index contributed by atoms with van der Waals surface area (Å²) < 4.78 is 11.3. The molecule has 2 heterocycles. The highest BCUT2D eigenvalue weighted by molar-refractivity contribution is 14.0. The number of hydrogen-bond acceptors (Lipinski definition) is 5. The van der Waals surface area contributed by atoms with E-state index in [2.05, 4.69) is 58.7 Å². The second kappa shape index (κ2) is 11.7. The molecule has 0 atom stereocenters. The van der Waals surface area contributed by atoms with Crippen molar-refractivity contribution in [2.45, 2.75) is 53.6 Å². The van der Waals surface area contributed by atoms with Gasteiger partial charge in [-0.3, -0.25) is 0 Å². The van der Waals surface area contributed by atoms with Gasteiger partial charge in [-0.2, -0.15) is 0 Å². The van der Waals surface area contributed by atoms with E-state index in [4.69, 9.17) is 8.94 Å². The summed E-state index contributed by atoms with van der Waals surface area (Å²) >= 11 is 0. The number of rotatable bonds is 8. The van der Waals surface area contributed by atoms with Crippen LogP contribution in [0.25, 0.3) is 11.3 Å². The number of nitrogens with zero attached hydrogens (tertiary/aromatic N) is 3. The van der Waals surface area contributed by atoms with Crippen molar-refractivity contribution in [3.05, 3.63) is 58.9 Å². The molecule has 0 spiro atoms. The van der Waals surface area contributed by atoms with Crippen molar-refractivity contribution < 1.29 is 8.94 Å². The van der Waals surface area contributed by atoms with Gasteiger partial charge in [0.15, 0.2) is 11.7 Å². The minimum Gasteiger partial charge on any atom is -0.439 e. The van der Waals surface area contributed by atoms with Crippen LogP contribution in [0.1, 0.15) is 49.2 Å². The van der Waals surface area contributed by atoms with E-state index in [0.29, 0.717) is 24.9 Å². The molecule has 162 valence electrons. The fourth-order valence-electron chi connectivity index (χ4n) is 3.02. The molecule has 2 N–H and O–H groups in total. The number of benzene rings is 1. The maximum absolute atomic E-state index is 5.88. The summed E-state index contributed by atoms with van der Waals surface area (Å²) in [5, 5.41) is 10.7. The number of oxazole rings is 1. The van der Waals surface area contributed by atoms with Crippen molar-refractivity contribution in [3.63, 3.8) is 0 Å². The first-order chi connectivity index (χ1) is 14.1. The SMILES string of the molecule is CCNC(=NCc1c(CC)noc1CC)NCc1ncc(-c2ccc(C)cc2)o1.I. The predicted molar refractivity (Wildman–Crippen MR) is 129 cm³/mol.